The lowest BCUT2D eigenvalue weighted by Gasteiger charge is -2.50. The zero-order valence-electron chi connectivity index (χ0n) is 14.6. The number of rotatable bonds is 7. The summed E-state index contributed by atoms with van der Waals surface area (Å²) in [6, 6.07) is 0. The summed E-state index contributed by atoms with van der Waals surface area (Å²) < 4.78 is 0. The van der Waals surface area contributed by atoms with Crippen molar-refractivity contribution >= 4 is 0 Å². The quantitative estimate of drug-likeness (QED) is 0.474. The smallest absolute Gasteiger partial charge is 0.0272 e. The Morgan fingerprint density at radius 1 is 0.722 bits per heavy atom. The molecule has 0 heteroatoms. The summed E-state index contributed by atoms with van der Waals surface area (Å²) in [7, 11) is 0. The Hall–Kier alpha value is 0. The van der Waals surface area contributed by atoms with Crippen LogP contribution in [0, 0.1) is 22.2 Å². The summed E-state index contributed by atoms with van der Waals surface area (Å²) in [5, 5.41) is 0. The Labute approximate surface area is 117 Å². The molecule has 110 valence electrons. The van der Waals surface area contributed by atoms with Crippen LogP contribution in [0.3, 0.4) is 0 Å². The molecule has 0 bridgehead atoms. The molecule has 0 saturated heterocycles. The fourth-order valence-corrected chi connectivity index (χ4v) is 3.41. The minimum atomic E-state index is 0.441. The van der Waals surface area contributed by atoms with E-state index in [-0.39, 0.29) is 0 Å². The summed E-state index contributed by atoms with van der Waals surface area (Å²) in [6.45, 7) is 21.7. The molecule has 0 aromatic heterocycles. The Balaban J connectivity index is 5.01. The van der Waals surface area contributed by atoms with Gasteiger partial charge < -0.3 is 0 Å². The highest BCUT2D eigenvalue weighted by Gasteiger charge is 2.43. The summed E-state index contributed by atoms with van der Waals surface area (Å²) in [6.07, 6.45) is 6.62. The molecule has 0 saturated carbocycles. The van der Waals surface area contributed by atoms with Gasteiger partial charge in [0, 0.05) is 0 Å². The SMILES string of the molecule is CCC(CC)C(C)(C)C(C)(CC)CCC(C)(C)C. The molecule has 0 nitrogen and oxygen atoms in total. The monoisotopic (exact) mass is 254 g/mol. The first kappa shape index (κ1) is 18.0. The zero-order valence-corrected chi connectivity index (χ0v) is 14.6. The van der Waals surface area contributed by atoms with Crippen molar-refractivity contribution in [3.05, 3.63) is 0 Å². The maximum Gasteiger partial charge on any atom is -0.0272 e. The highest BCUT2D eigenvalue weighted by atomic mass is 14.5. The maximum absolute atomic E-state index is 2.52. The fraction of sp³-hybridized carbons (Fsp3) is 1.00. The minimum Gasteiger partial charge on any atom is -0.0651 e. The topological polar surface area (TPSA) is 0 Å². The summed E-state index contributed by atoms with van der Waals surface area (Å²) in [5.41, 5.74) is 1.37. The van der Waals surface area contributed by atoms with Crippen molar-refractivity contribution < 1.29 is 0 Å². The summed E-state index contributed by atoms with van der Waals surface area (Å²) in [5.74, 6) is 0.849. The summed E-state index contributed by atoms with van der Waals surface area (Å²) in [4.78, 5) is 0. The van der Waals surface area contributed by atoms with Gasteiger partial charge in [-0.3, -0.25) is 0 Å². The van der Waals surface area contributed by atoms with E-state index in [1.807, 2.05) is 0 Å². The fourth-order valence-electron chi connectivity index (χ4n) is 3.41. The van der Waals surface area contributed by atoms with Crippen molar-refractivity contribution in [1.82, 2.24) is 0 Å². The molecule has 0 aliphatic carbocycles. The Morgan fingerprint density at radius 2 is 1.17 bits per heavy atom. The van der Waals surface area contributed by atoms with E-state index in [0.29, 0.717) is 16.2 Å². The largest absolute Gasteiger partial charge is 0.0651 e. The van der Waals surface area contributed by atoms with Gasteiger partial charge in [-0.2, -0.15) is 0 Å². The number of hydrogen-bond acceptors (Lipinski definition) is 0. The molecule has 0 aromatic carbocycles. The van der Waals surface area contributed by atoms with Crippen LogP contribution in [-0.4, -0.2) is 0 Å². The highest BCUT2D eigenvalue weighted by molar-refractivity contribution is 4.93. The molecule has 0 amide bonds. The van der Waals surface area contributed by atoms with E-state index in [2.05, 4.69) is 62.3 Å². The molecule has 0 fully saturated rings. The maximum atomic E-state index is 2.52. The second-order valence-electron chi connectivity index (χ2n) is 8.21. The first-order valence-electron chi connectivity index (χ1n) is 8.04. The van der Waals surface area contributed by atoms with Crippen LogP contribution in [0.5, 0.6) is 0 Å². The van der Waals surface area contributed by atoms with Gasteiger partial charge in [0.05, 0.1) is 0 Å². The van der Waals surface area contributed by atoms with E-state index in [1.54, 1.807) is 0 Å². The second kappa shape index (κ2) is 6.44. The van der Waals surface area contributed by atoms with E-state index >= 15 is 0 Å². The predicted molar refractivity (Wildman–Crippen MR) is 84.9 cm³/mol. The number of hydrogen-bond donors (Lipinski definition) is 0. The van der Waals surface area contributed by atoms with E-state index in [9.17, 15) is 0 Å². The van der Waals surface area contributed by atoms with Crippen molar-refractivity contribution in [2.45, 2.75) is 94.4 Å². The molecular formula is C18H38. The van der Waals surface area contributed by atoms with Gasteiger partial charge in [-0.1, -0.05) is 81.6 Å². The molecule has 0 rings (SSSR count). The van der Waals surface area contributed by atoms with E-state index in [0.717, 1.165) is 5.92 Å². The van der Waals surface area contributed by atoms with E-state index < -0.39 is 0 Å². The average Bonchev–Trinajstić information content (AvgIpc) is 2.26. The first-order valence-corrected chi connectivity index (χ1v) is 8.04. The van der Waals surface area contributed by atoms with Gasteiger partial charge >= 0.3 is 0 Å². The van der Waals surface area contributed by atoms with Crippen molar-refractivity contribution in [1.29, 1.82) is 0 Å². The molecule has 0 spiro atoms. The average molecular weight is 255 g/mol. The van der Waals surface area contributed by atoms with Gasteiger partial charge in [-0.15, -0.1) is 0 Å². The Bertz CT molecular complexity index is 227. The summed E-state index contributed by atoms with van der Waals surface area (Å²) >= 11 is 0. The zero-order chi connectivity index (χ0) is 14.6. The molecule has 0 heterocycles. The van der Waals surface area contributed by atoms with Crippen LogP contribution in [0.1, 0.15) is 94.4 Å². The molecule has 1 atom stereocenters. The van der Waals surface area contributed by atoms with Gasteiger partial charge in [-0.25, -0.2) is 0 Å². The van der Waals surface area contributed by atoms with Gasteiger partial charge in [0.1, 0.15) is 0 Å². The van der Waals surface area contributed by atoms with Crippen molar-refractivity contribution in [3.63, 3.8) is 0 Å². The van der Waals surface area contributed by atoms with Crippen molar-refractivity contribution in [2.75, 3.05) is 0 Å². The van der Waals surface area contributed by atoms with E-state index in [4.69, 9.17) is 0 Å². The van der Waals surface area contributed by atoms with Crippen molar-refractivity contribution in [2.24, 2.45) is 22.2 Å². The van der Waals surface area contributed by atoms with Crippen LogP contribution in [0.2, 0.25) is 0 Å². The molecule has 0 N–H and O–H groups in total. The molecule has 0 aliphatic heterocycles. The highest BCUT2D eigenvalue weighted by Crippen LogP contribution is 2.52. The third-order valence-corrected chi connectivity index (χ3v) is 5.77. The third kappa shape index (κ3) is 4.28. The van der Waals surface area contributed by atoms with Crippen LogP contribution in [0.25, 0.3) is 0 Å². The van der Waals surface area contributed by atoms with Crippen LogP contribution in [-0.2, 0) is 0 Å². The molecule has 1 unspecified atom stereocenters. The van der Waals surface area contributed by atoms with Gasteiger partial charge in [0.2, 0.25) is 0 Å². The molecule has 18 heavy (non-hydrogen) atoms. The molecular weight excluding hydrogens is 216 g/mol. The van der Waals surface area contributed by atoms with Gasteiger partial charge in [0.15, 0.2) is 0 Å². The van der Waals surface area contributed by atoms with Crippen LogP contribution in [0.15, 0.2) is 0 Å². The lowest BCUT2D eigenvalue weighted by Crippen LogP contribution is -2.41. The predicted octanol–water partition coefficient (Wildman–Crippen LogP) is 6.69. The Morgan fingerprint density at radius 3 is 1.44 bits per heavy atom. The van der Waals surface area contributed by atoms with Gasteiger partial charge in [0.25, 0.3) is 0 Å². The molecule has 0 aromatic rings. The molecule has 0 aliphatic rings. The lowest BCUT2D eigenvalue weighted by molar-refractivity contribution is -0.000324. The third-order valence-electron chi connectivity index (χ3n) is 5.77. The van der Waals surface area contributed by atoms with Crippen molar-refractivity contribution in [3.8, 4) is 0 Å². The first-order chi connectivity index (χ1) is 8.04. The van der Waals surface area contributed by atoms with Crippen LogP contribution in [0.4, 0.5) is 0 Å². The standard InChI is InChI=1S/C18H38/c1-10-15(11-2)17(7,8)18(9,12-3)14-13-16(4,5)6/h15H,10-14H2,1-9H3. The normalized spacial score (nSPS) is 17.0. The van der Waals surface area contributed by atoms with Crippen LogP contribution >= 0.6 is 0 Å². The second-order valence-corrected chi connectivity index (χ2v) is 8.21. The van der Waals surface area contributed by atoms with E-state index in [1.165, 1.54) is 32.1 Å². The molecule has 0 radical (unpaired) electrons. The minimum absolute atomic E-state index is 0.441. The van der Waals surface area contributed by atoms with Gasteiger partial charge in [-0.05, 0) is 35.0 Å². The Kier molecular flexibility index (Phi) is 6.44. The van der Waals surface area contributed by atoms with Crippen LogP contribution < -0.4 is 0 Å². The lowest BCUT2D eigenvalue weighted by atomic mass is 9.55.